The zero-order chi connectivity index (χ0) is 13.3. The minimum Gasteiger partial charge on any atom is -0.408 e. The molecule has 1 aromatic heterocycles. The van der Waals surface area contributed by atoms with Crippen LogP contribution in [0.25, 0.3) is 11.1 Å². The molecule has 0 fully saturated rings. The second kappa shape index (κ2) is 4.61. The molecule has 1 atom stereocenters. The summed E-state index contributed by atoms with van der Waals surface area (Å²) in [5.74, 6) is -0.404. The molecule has 0 saturated heterocycles. The molecular formula is C14H20N2O2. The van der Waals surface area contributed by atoms with Crippen molar-refractivity contribution in [3.63, 3.8) is 0 Å². The molecule has 0 bridgehead atoms. The predicted molar refractivity (Wildman–Crippen MR) is 72.7 cm³/mol. The van der Waals surface area contributed by atoms with Crippen molar-refractivity contribution in [3.05, 3.63) is 34.3 Å². The predicted octanol–water partition coefficient (Wildman–Crippen LogP) is 2.82. The van der Waals surface area contributed by atoms with Gasteiger partial charge in [0.1, 0.15) is 0 Å². The Bertz CT molecular complexity index is 590. The van der Waals surface area contributed by atoms with E-state index < -0.39 is 5.76 Å². The van der Waals surface area contributed by atoms with Gasteiger partial charge in [-0.2, -0.15) is 0 Å². The fourth-order valence-corrected chi connectivity index (χ4v) is 2.18. The molecule has 0 spiro atoms. The van der Waals surface area contributed by atoms with Gasteiger partial charge in [0.05, 0.1) is 5.52 Å². The molecule has 2 aromatic rings. The number of aromatic amines is 1. The molecule has 2 rings (SSSR count). The number of hydrogen-bond acceptors (Lipinski definition) is 3. The smallest absolute Gasteiger partial charge is 0.408 e. The average Bonchev–Trinajstić information content (AvgIpc) is 2.63. The van der Waals surface area contributed by atoms with Crippen LogP contribution in [0.5, 0.6) is 0 Å². The Labute approximate surface area is 106 Å². The molecule has 0 aliphatic rings. The summed E-state index contributed by atoms with van der Waals surface area (Å²) < 4.78 is 5.09. The van der Waals surface area contributed by atoms with Crippen molar-refractivity contribution in [1.29, 1.82) is 0 Å². The maximum atomic E-state index is 11.1. The van der Waals surface area contributed by atoms with Gasteiger partial charge in [-0.15, -0.1) is 0 Å². The lowest BCUT2D eigenvalue weighted by Crippen LogP contribution is -2.22. The standard InChI is InChI=1S/C14H20N2O2/c1-14(2,3)8-11(15-4)9-5-6-10-12(7-9)18-13(17)16-10/h5-7,11,15H,8H2,1-4H3,(H,16,17). The topological polar surface area (TPSA) is 58.0 Å². The summed E-state index contributed by atoms with van der Waals surface area (Å²) in [5, 5.41) is 3.32. The molecule has 98 valence electrons. The highest BCUT2D eigenvalue weighted by Gasteiger charge is 2.19. The largest absolute Gasteiger partial charge is 0.417 e. The number of fused-ring (bicyclic) bond motifs is 1. The van der Waals surface area contributed by atoms with Crippen LogP contribution in [0.1, 0.15) is 38.8 Å². The van der Waals surface area contributed by atoms with Gasteiger partial charge in [-0.3, -0.25) is 4.98 Å². The van der Waals surface area contributed by atoms with Gasteiger partial charge >= 0.3 is 5.76 Å². The first-order chi connectivity index (χ1) is 8.39. The fraction of sp³-hybridized carbons (Fsp3) is 0.500. The van der Waals surface area contributed by atoms with Crippen LogP contribution in [0.4, 0.5) is 0 Å². The molecule has 1 unspecified atom stereocenters. The molecule has 2 N–H and O–H groups in total. The van der Waals surface area contributed by atoms with E-state index in [1.807, 2.05) is 25.2 Å². The van der Waals surface area contributed by atoms with E-state index in [9.17, 15) is 4.79 Å². The number of benzene rings is 1. The van der Waals surface area contributed by atoms with Gasteiger partial charge < -0.3 is 9.73 Å². The van der Waals surface area contributed by atoms with Crippen molar-refractivity contribution < 1.29 is 4.42 Å². The van der Waals surface area contributed by atoms with Gasteiger partial charge in [-0.05, 0) is 36.6 Å². The van der Waals surface area contributed by atoms with E-state index in [0.29, 0.717) is 5.58 Å². The second-order valence-electron chi connectivity index (χ2n) is 5.88. The first kappa shape index (κ1) is 12.9. The number of aromatic nitrogens is 1. The van der Waals surface area contributed by atoms with Crippen molar-refractivity contribution in [1.82, 2.24) is 10.3 Å². The van der Waals surface area contributed by atoms with E-state index >= 15 is 0 Å². The molecule has 1 aromatic carbocycles. The van der Waals surface area contributed by atoms with E-state index in [0.717, 1.165) is 17.5 Å². The Morgan fingerprint density at radius 1 is 1.39 bits per heavy atom. The highest BCUT2D eigenvalue weighted by atomic mass is 16.4. The molecule has 0 aliphatic carbocycles. The summed E-state index contributed by atoms with van der Waals surface area (Å²) in [6.07, 6.45) is 1.02. The first-order valence-corrected chi connectivity index (χ1v) is 6.19. The molecule has 18 heavy (non-hydrogen) atoms. The summed E-state index contributed by atoms with van der Waals surface area (Å²) >= 11 is 0. The second-order valence-corrected chi connectivity index (χ2v) is 5.88. The van der Waals surface area contributed by atoms with Gasteiger partial charge in [0.2, 0.25) is 0 Å². The Morgan fingerprint density at radius 3 is 2.72 bits per heavy atom. The maximum Gasteiger partial charge on any atom is 0.417 e. The Morgan fingerprint density at radius 2 is 2.11 bits per heavy atom. The van der Waals surface area contributed by atoms with Crippen LogP contribution >= 0.6 is 0 Å². The van der Waals surface area contributed by atoms with Crippen LogP contribution in [0.3, 0.4) is 0 Å². The zero-order valence-electron chi connectivity index (χ0n) is 11.3. The third kappa shape index (κ3) is 2.82. The number of H-pyrrole nitrogens is 1. The van der Waals surface area contributed by atoms with Crippen LogP contribution in [0.2, 0.25) is 0 Å². The molecule has 1 heterocycles. The lowest BCUT2D eigenvalue weighted by atomic mass is 9.85. The van der Waals surface area contributed by atoms with Crippen LogP contribution < -0.4 is 11.1 Å². The van der Waals surface area contributed by atoms with Crippen LogP contribution in [0.15, 0.2) is 27.4 Å². The summed E-state index contributed by atoms with van der Waals surface area (Å²) in [6.45, 7) is 6.64. The molecule has 4 heteroatoms. The summed E-state index contributed by atoms with van der Waals surface area (Å²) in [4.78, 5) is 13.8. The quantitative estimate of drug-likeness (QED) is 0.878. The molecule has 0 radical (unpaired) electrons. The van der Waals surface area contributed by atoms with Crippen molar-refractivity contribution in [2.45, 2.75) is 33.2 Å². The molecular weight excluding hydrogens is 228 g/mol. The van der Waals surface area contributed by atoms with Gasteiger partial charge in [-0.25, -0.2) is 4.79 Å². The summed E-state index contributed by atoms with van der Waals surface area (Å²) in [7, 11) is 1.95. The van der Waals surface area contributed by atoms with Crippen molar-refractivity contribution in [2.24, 2.45) is 5.41 Å². The van der Waals surface area contributed by atoms with Crippen LogP contribution in [0, 0.1) is 5.41 Å². The van der Waals surface area contributed by atoms with Gasteiger partial charge in [-0.1, -0.05) is 26.8 Å². The van der Waals surface area contributed by atoms with E-state index in [1.165, 1.54) is 0 Å². The van der Waals surface area contributed by atoms with E-state index in [4.69, 9.17) is 4.42 Å². The van der Waals surface area contributed by atoms with Crippen molar-refractivity contribution >= 4 is 11.1 Å². The number of rotatable bonds is 3. The molecule has 0 amide bonds. The van der Waals surface area contributed by atoms with Gasteiger partial charge in [0.15, 0.2) is 5.58 Å². The van der Waals surface area contributed by atoms with Crippen LogP contribution in [-0.2, 0) is 0 Å². The monoisotopic (exact) mass is 248 g/mol. The Balaban J connectivity index is 2.36. The summed E-state index contributed by atoms with van der Waals surface area (Å²) in [5.41, 5.74) is 2.74. The molecule has 0 saturated carbocycles. The Kier molecular flexibility index (Phi) is 3.30. The SMILES string of the molecule is CNC(CC(C)(C)C)c1ccc2[nH]c(=O)oc2c1. The number of nitrogens with one attached hydrogen (secondary N) is 2. The third-order valence-electron chi connectivity index (χ3n) is 3.01. The maximum absolute atomic E-state index is 11.1. The fourth-order valence-electron chi connectivity index (χ4n) is 2.18. The average molecular weight is 248 g/mol. The van der Waals surface area contributed by atoms with E-state index in [-0.39, 0.29) is 11.5 Å². The van der Waals surface area contributed by atoms with Crippen molar-refractivity contribution in [2.75, 3.05) is 7.05 Å². The minimum absolute atomic E-state index is 0.238. The lowest BCUT2D eigenvalue weighted by Gasteiger charge is -2.26. The molecule has 0 aliphatic heterocycles. The van der Waals surface area contributed by atoms with E-state index in [2.05, 4.69) is 31.1 Å². The van der Waals surface area contributed by atoms with Gasteiger partial charge in [0, 0.05) is 6.04 Å². The number of hydrogen-bond donors (Lipinski definition) is 2. The zero-order valence-corrected chi connectivity index (χ0v) is 11.3. The Hall–Kier alpha value is -1.55. The third-order valence-corrected chi connectivity index (χ3v) is 3.01. The normalized spacial score (nSPS) is 14.0. The highest BCUT2D eigenvalue weighted by molar-refractivity contribution is 5.72. The minimum atomic E-state index is -0.404. The van der Waals surface area contributed by atoms with Crippen molar-refractivity contribution in [3.8, 4) is 0 Å². The first-order valence-electron chi connectivity index (χ1n) is 6.19. The van der Waals surface area contributed by atoms with E-state index in [1.54, 1.807) is 0 Å². The highest BCUT2D eigenvalue weighted by Crippen LogP contribution is 2.30. The number of oxazole rings is 1. The molecule has 4 nitrogen and oxygen atoms in total. The van der Waals surface area contributed by atoms with Gasteiger partial charge in [0.25, 0.3) is 0 Å². The lowest BCUT2D eigenvalue weighted by molar-refractivity contribution is 0.321. The summed E-state index contributed by atoms with van der Waals surface area (Å²) in [6, 6.07) is 6.11. The van der Waals surface area contributed by atoms with Crippen LogP contribution in [-0.4, -0.2) is 12.0 Å².